The van der Waals surface area contributed by atoms with Gasteiger partial charge in [0.2, 0.25) is 5.95 Å². The summed E-state index contributed by atoms with van der Waals surface area (Å²) in [5.41, 5.74) is 2.52. The van der Waals surface area contributed by atoms with E-state index in [1.54, 1.807) is 11.0 Å². The van der Waals surface area contributed by atoms with E-state index in [0.717, 1.165) is 24.4 Å². The first-order valence-corrected chi connectivity index (χ1v) is 9.18. The molecule has 26 heavy (non-hydrogen) atoms. The summed E-state index contributed by atoms with van der Waals surface area (Å²) in [5.74, 6) is -0.0488. The molecule has 0 saturated heterocycles. The first-order valence-electron chi connectivity index (χ1n) is 9.18. The lowest BCUT2D eigenvalue weighted by atomic mass is 9.96. The number of aryl methyl sites for hydroxylation is 1. The Morgan fingerprint density at radius 3 is 2.96 bits per heavy atom. The van der Waals surface area contributed by atoms with Gasteiger partial charge in [0.15, 0.2) is 0 Å². The van der Waals surface area contributed by atoms with Gasteiger partial charge in [-0.25, -0.2) is 4.98 Å². The number of aromatic nitrogens is 3. The van der Waals surface area contributed by atoms with Crippen molar-refractivity contribution >= 4 is 5.91 Å². The zero-order chi connectivity index (χ0) is 18.1. The molecular weight excluding hydrogens is 335 g/mol. The third-order valence-electron chi connectivity index (χ3n) is 5.08. The summed E-state index contributed by atoms with van der Waals surface area (Å²) in [6.45, 7) is 5.24. The number of amides is 1. The van der Waals surface area contributed by atoms with E-state index in [-0.39, 0.29) is 11.8 Å². The Hall–Kier alpha value is -2.28. The minimum atomic E-state index is -0.642. The van der Waals surface area contributed by atoms with Gasteiger partial charge < -0.3 is 9.64 Å². The van der Waals surface area contributed by atoms with Gasteiger partial charge in [-0.2, -0.15) is 9.49 Å². The quantitative estimate of drug-likeness (QED) is 0.745. The summed E-state index contributed by atoms with van der Waals surface area (Å²) in [6, 6.07) is 2.74. The number of nitrogens with zero attached hydrogens (tertiary/aromatic N) is 4. The van der Waals surface area contributed by atoms with Crippen molar-refractivity contribution in [2.45, 2.75) is 38.8 Å². The van der Waals surface area contributed by atoms with Crippen LogP contribution in [0.3, 0.4) is 0 Å². The van der Waals surface area contributed by atoms with E-state index in [2.05, 4.69) is 17.0 Å². The molecule has 1 aliphatic heterocycles. The molecule has 0 unspecified atom stereocenters. The number of hydrogen-bond donors (Lipinski definition) is 0. The van der Waals surface area contributed by atoms with Crippen LogP contribution in [-0.4, -0.2) is 45.3 Å². The Morgan fingerprint density at radius 2 is 2.23 bits per heavy atom. The predicted molar refractivity (Wildman–Crippen MR) is 93.1 cm³/mol. The summed E-state index contributed by atoms with van der Waals surface area (Å²) in [7, 11) is 0. The van der Waals surface area contributed by atoms with Gasteiger partial charge in [-0.15, -0.1) is 0 Å². The van der Waals surface area contributed by atoms with Gasteiger partial charge >= 0.3 is 0 Å². The van der Waals surface area contributed by atoms with Gasteiger partial charge in [0.05, 0.1) is 18.5 Å². The fourth-order valence-corrected chi connectivity index (χ4v) is 3.57. The SMILES string of the molecule is CCn1ncc2c1[C@H](COCC1CC1)CN(C(=O)c1ccnc(F)c1)C2. The second kappa shape index (κ2) is 7.15. The molecule has 7 heteroatoms. The fourth-order valence-electron chi connectivity index (χ4n) is 3.57. The van der Waals surface area contributed by atoms with Crippen LogP contribution >= 0.6 is 0 Å². The molecule has 1 atom stereocenters. The smallest absolute Gasteiger partial charge is 0.254 e. The molecule has 1 amide bonds. The standard InChI is InChI=1S/C19H23FN4O2/c1-2-24-18-15(8-22-24)9-23(10-16(18)12-26-11-13-3-4-13)19(25)14-5-6-21-17(20)7-14/h5-8,13,16H,2-4,9-12H2,1H3/t16-/m0/s1. The maximum Gasteiger partial charge on any atom is 0.254 e. The molecule has 0 spiro atoms. The summed E-state index contributed by atoms with van der Waals surface area (Å²) in [5, 5.41) is 4.46. The van der Waals surface area contributed by atoms with Crippen molar-refractivity contribution < 1.29 is 13.9 Å². The van der Waals surface area contributed by atoms with Crippen LogP contribution in [0.5, 0.6) is 0 Å². The third kappa shape index (κ3) is 3.49. The molecule has 0 N–H and O–H groups in total. The maximum absolute atomic E-state index is 13.4. The Kier molecular flexibility index (Phi) is 4.72. The highest BCUT2D eigenvalue weighted by atomic mass is 19.1. The molecule has 2 aromatic rings. The molecule has 1 saturated carbocycles. The lowest BCUT2D eigenvalue weighted by molar-refractivity contribution is 0.0619. The molecule has 0 aromatic carbocycles. The van der Waals surface area contributed by atoms with E-state index in [1.165, 1.54) is 25.1 Å². The minimum absolute atomic E-state index is 0.0792. The molecule has 3 heterocycles. The van der Waals surface area contributed by atoms with Crippen molar-refractivity contribution in [2.75, 3.05) is 19.8 Å². The molecule has 0 radical (unpaired) electrons. The Labute approximate surface area is 152 Å². The highest BCUT2D eigenvalue weighted by Gasteiger charge is 2.32. The molecule has 2 aliphatic rings. The van der Waals surface area contributed by atoms with Crippen LogP contribution in [0.4, 0.5) is 4.39 Å². The van der Waals surface area contributed by atoms with Crippen molar-refractivity contribution in [1.82, 2.24) is 19.7 Å². The van der Waals surface area contributed by atoms with Crippen LogP contribution in [-0.2, 0) is 17.8 Å². The maximum atomic E-state index is 13.4. The number of hydrogen-bond acceptors (Lipinski definition) is 4. The van der Waals surface area contributed by atoms with E-state index >= 15 is 0 Å². The van der Waals surface area contributed by atoms with Crippen LogP contribution in [0.15, 0.2) is 24.5 Å². The molecule has 1 fully saturated rings. The topological polar surface area (TPSA) is 60.2 Å². The van der Waals surface area contributed by atoms with Crippen molar-refractivity contribution in [2.24, 2.45) is 5.92 Å². The van der Waals surface area contributed by atoms with Crippen molar-refractivity contribution in [1.29, 1.82) is 0 Å². The zero-order valence-electron chi connectivity index (χ0n) is 14.9. The third-order valence-corrected chi connectivity index (χ3v) is 5.08. The predicted octanol–water partition coefficient (Wildman–Crippen LogP) is 2.60. The monoisotopic (exact) mass is 358 g/mol. The summed E-state index contributed by atoms with van der Waals surface area (Å²) in [4.78, 5) is 18.1. The van der Waals surface area contributed by atoms with Crippen LogP contribution in [0.1, 0.15) is 47.3 Å². The molecular formula is C19H23FN4O2. The zero-order valence-corrected chi connectivity index (χ0v) is 14.9. The number of carbonyl (C=O) groups excluding carboxylic acids is 1. The molecule has 4 rings (SSSR count). The molecule has 138 valence electrons. The number of ether oxygens (including phenoxy) is 1. The molecule has 1 aliphatic carbocycles. The highest BCUT2D eigenvalue weighted by Crippen LogP contribution is 2.32. The number of halogens is 1. The van der Waals surface area contributed by atoms with Crippen molar-refractivity contribution in [3.05, 3.63) is 47.3 Å². The lowest BCUT2D eigenvalue weighted by Crippen LogP contribution is -2.40. The average molecular weight is 358 g/mol. The van der Waals surface area contributed by atoms with Crippen LogP contribution in [0.25, 0.3) is 0 Å². The van der Waals surface area contributed by atoms with Gasteiger partial charge in [-0.05, 0) is 31.7 Å². The number of carbonyl (C=O) groups is 1. The van der Waals surface area contributed by atoms with Crippen LogP contribution in [0.2, 0.25) is 0 Å². The van der Waals surface area contributed by atoms with Gasteiger partial charge in [0.25, 0.3) is 5.91 Å². The second-order valence-corrected chi connectivity index (χ2v) is 7.10. The van der Waals surface area contributed by atoms with Gasteiger partial charge in [0, 0.05) is 55.5 Å². The van der Waals surface area contributed by atoms with E-state index in [1.807, 2.05) is 10.9 Å². The lowest BCUT2D eigenvalue weighted by Gasteiger charge is -2.33. The first-order chi connectivity index (χ1) is 12.7. The van der Waals surface area contributed by atoms with Gasteiger partial charge in [-0.3, -0.25) is 9.48 Å². The summed E-state index contributed by atoms with van der Waals surface area (Å²) in [6.07, 6.45) is 5.66. The summed E-state index contributed by atoms with van der Waals surface area (Å²) < 4.78 is 21.3. The average Bonchev–Trinajstić information content (AvgIpc) is 3.37. The van der Waals surface area contributed by atoms with Crippen molar-refractivity contribution in [3.8, 4) is 0 Å². The second-order valence-electron chi connectivity index (χ2n) is 7.10. The normalized spacial score (nSPS) is 19.5. The van der Waals surface area contributed by atoms with Gasteiger partial charge in [0.1, 0.15) is 0 Å². The largest absolute Gasteiger partial charge is 0.380 e. The fraction of sp³-hybridized carbons (Fsp3) is 0.526. The Morgan fingerprint density at radius 1 is 1.38 bits per heavy atom. The van der Waals surface area contributed by atoms with Crippen molar-refractivity contribution in [3.63, 3.8) is 0 Å². The van der Waals surface area contributed by atoms with E-state index < -0.39 is 5.95 Å². The van der Waals surface area contributed by atoms with E-state index in [9.17, 15) is 9.18 Å². The Bertz CT molecular complexity index is 803. The first kappa shape index (κ1) is 17.1. The van der Waals surface area contributed by atoms with Crippen LogP contribution in [0, 0.1) is 11.9 Å². The van der Waals surface area contributed by atoms with Gasteiger partial charge in [-0.1, -0.05) is 0 Å². The van der Waals surface area contributed by atoms with Crippen LogP contribution < -0.4 is 0 Å². The minimum Gasteiger partial charge on any atom is -0.380 e. The summed E-state index contributed by atoms with van der Waals surface area (Å²) >= 11 is 0. The number of fused-ring (bicyclic) bond motifs is 1. The molecule has 2 aromatic heterocycles. The van der Waals surface area contributed by atoms with E-state index in [0.29, 0.717) is 31.2 Å². The Balaban J connectivity index is 1.54. The highest BCUT2D eigenvalue weighted by molar-refractivity contribution is 5.94. The molecule has 6 nitrogen and oxygen atoms in total. The molecule has 0 bridgehead atoms. The number of pyridine rings is 1. The van der Waals surface area contributed by atoms with E-state index in [4.69, 9.17) is 4.74 Å². The number of rotatable bonds is 6.